The highest BCUT2D eigenvalue weighted by Crippen LogP contribution is 2.26. The summed E-state index contributed by atoms with van der Waals surface area (Å²) in [6.45, 7) is 3.13. The van der Waals surface area contributed by atoms with Crippen LogP contribution in [0.1, 0.15) is 30.7 Å². The first-order chi connectivity index (χ1) is 9.78. The fourth-order valence-electron chi connectivity index (χ4n) is 2.36. The average molecular weight is 274 g/mol. The van der Waals surface area contributed by atoms with Gasteiger partial charge in [0.15, 0.2) is 0 Å². The predicted molar refractivity (Wildman–Crippen MR) is 73.3 cm³/mol. The van der Waals surface area contributed by atoms with E-state index in [1.54, 1.807) is 0 Å². The lowest BCUT2D eigenvalue weighted by atomic mass is 9.99. The summed E-state index contributed by atoms with van der Waals surface area (Å²) in [4.78, 5) is 4.39. The fourth-order valence-corrected chi connectivity index (χ4v) is 2.36. The highest BCUT2D eigenvalue weighted by molar-refractivity contribution is 5.54. The van der Waals surface area contributed by atoms with Crippen LogP contribution in [-0.4, -0.2) is 34.6 Å². The molecule has 1 aliphatic rings. The van der Waals surface area contributed by atoms with Crippen molar-refractivity contribution in [3.63, 3.8) is 0 Å². The van der Waals surface area contributed by atoms with Crippen LogP contribution in [-0.2, 0) is 11.2 Å². The van der Waals surface area contributed by atoms with Crippen molar-refractivity contribution in [2.24, 2.45) is 0 Å². The van der Waals surface area contributed by atoms with Gasteiger partial charge in [0, 0.05) is 12.2 Å². The van der Waals surface area contributed by atoms with Gasteiger partial charge in [-0.3, -0.25) is 0 Å². The summed E-state index contributed by atoms with van der Waals surface area (Å²) >= 11 is 0. The molecule has 1 aromatic carbocycles. The summed E-state index contributed by atoms with van der Waals surface area (Å²) in [7, 11) is 0. The first kappa shape index (κ1) is 13.3. The van der Waals surface area contributed by atoms with Gasteiger partial charge < -0.3 is 14.4 Å². The van der Waals surface area contributed by atoms with Crippen molar-refractivity contribution < 1.29 is 14.4 Å². The summed E-state index contributed by atoms with van der Waals surface area (Å²) < 4.78 is 10.6. The van der Waals surface area contributed by atoms with Crippen LogP contribution < -0.4 is 0 Å². The molecule has 5 nitrogen and oxygen atoms in total. The number of nitrogens with zero attached hydrogens (tertiary/aromatic N) is 2. The van der Waals surface area contributed by atoms with Crippen molar-refractivity contribution in [1.82, 2.24) is 10.1 Å². The van der Waals surface area contributed by atoms with E-state index in [0.717, 1.165) is 12.0 Å². The lowest BCUT2D eigenvalue weighted by Crippen LogP contribution is -2.30. The second-order valence-electron chi connectivity index (χ2n) is 5.04. The van der Waals surface area contributed by atoms with Crippen molar-refractivity contribution in [3.05, 3.63) is 35.7 Å². The smallest absolute Gasteiger partial charge is 0.235 e. The Morgan fingerprint density at radius 3 is 2.80 bits per heavy atom. The summed E-state index contributed by atoms with van der Waals surface area (Å²) in [5.41, 5.74) is 2.19. The third-order valence-electron chi connectivity index (χ3n) is 3.70. The summed E-state index contributed by atoms with van der Waals surface area (Å²) in [6, 6.07) is 8.09. The first-order valence-corrected chi connectivity index (χ1v) is 6.96. The van der Waals surface area contributed by atoms with Crippen LogP contribution in [0.15, 0.2) is 28.8 Å². The number of aromatic nitrogens is 2. The lowest BCUT2D eigenvalue weighted by Gasteiger charge is -2.24. The molecule has 2 aromatic rings. The van der Waals surface area contributed by atoms with Gasteiger partial charge >= 0.3 is 0 Å². The van der Waals surface area contributed by atoms with Crippen molar-refractivity contribution in [1.29, 1.82) is 0 Å². The van der Waals surface area contributed by atoms with E-state index in [9.17, 15) is 5.11 Å². The van der Waals surface area contributed by atoms with Crippen molar-refractivity contribution in [3.8, 4) is 11.4 Å². The van der Waals surface area contributed by atoms with E-state index < -0.39 is 6.10 Å². The zero-order valence-corrected chi connectivity index (χ0v) is 11.5. The molecule has 2 heterocycles. The molecule has 1 aliphatic heterocycles. The maximum absolute atomic E-state index is 9.96. The average Bonchev–Trinajstić information content (AvgIpc) is 2.97. The molecule has 1 saturated heterocycles. The van der Waals surface area contributed by atoms with Crippen LogP contribution in [0.25, 0.3) is 11.4 Å². The molecule has 2 atom stereocenters. The molecule has 0 radical (unpaired) electrons. The van der Waals surface area contributed by atoms with Crippen LogP contribution >= 0.6 is 0 Å². The first-order valence-electron chi connectivity index (χ1n) is 6.96. The predicted octanol–water partition coefficient (Wildman–Crippen LogP) is 2.16. The van der Waals surface area contributed by atoms with E-state index in [1.165, 1.54) is 5.56 Å². The molecule has 0 bridgehead atoms. The van der Waals surface area contributed by atoms with Gasteiger partial charge in [-0.2, -0.15) is 4.98 Å². The van der Waals surface area contributed by atoms with Gasteiger partial charge in [-0.05, 0) is 18.4 Å². The third-order valence-corrected chi connectivity index (χ3v) is 3.70. The zero-order chi connectivity index (χ0) is 13.9. The Hall–Kier alpha value is -1.72. The number of benzene rings is 1. The molecule has 3 rings (SSSR count). The molecule has 2 unspecified atom stereocenters. The topological polar surface area (TPSA) is 68.4 Å². The maximum Gasteiger partial charge on any atom is 0.235 e. The number of aryl methyl sites for hydroxylation is 1. The van der Waals surface area contributed by atoms with Gasteiger partial charge in [0.1, 0.15) is 0 Å². The summed E-state index contributed by atoms with van der Waals surface area (Å²) in [5.74, 6) is 0.784. The van der Waals surface area contributed by atoms with Gasteiger partial charge in [0.25, 0.3) is 0 Å². The van der Waals surface area contributed by atoms with Gasteiger partial charge in [0.05, 0.1) is 18.6 Å². The molecule has 106 valence electrons. The van der Waals surface area contributed by atoms with E-state index >= 15 is 0 Å². The molecule has 20 heavy (non-hydrogen) atoms. The largest absolute Gasteiger partial charge is 0.392 e. The Kier molecular flexibility index (Phi) is 3.80. The van der Waals surface area contributed by atoms with Crippen molar-refractivity contribution in [2.75, 3.05) is 13.2 Å². The van der Waals surface area contributed by atoms with Gasteiger partial charge in [0.2, 0.25) is 11.7 Å². The number of ether oxygens (including phenoxy) is 1. The van der Waals surface area contributed by atoms with Gasteiger partial charge in [-0.25, -0.2) is 0 Å². The summed E-state index contributed by atoms with van der Waals surface area (Å²) in [5, 5.41) is 14.0. The van der Waals surface area contributed by atoms with E-state index in [1.807, 2.05) is 12.1 Å². The van der Waals surface area contributed by atoms with Crippen LogP contribution in [0.4, 0.5) is 0 Å². The second kappa shape index (κ2) is 5.73. The van der Waals surface area contributed by atoms with Crippen molar-refractivity contribution >= 4 is 0 Å². The van der Waals surface area contributed by atoms with E-state index in [4.69, 9.17) is 9.26 Å². The minimum absolute atomic E-state index is 0.222. The van der Waals surface area contributed by atoms with Crippen LogP contribution in [0.2, 0.25) is 0 Å². The quantitative estimate of drug-likeness (QED) is 0.929. The molecule has 1 N–H and O–H groups in total. The molecule has 0 spiro atoms. The molecule has 0 amide bonds. The standard InChI is InChI=1S/C15H18N2O3/c1-2-10-3-5-11(6-4-10)14-16-15(20-17-14)12-9-19-8-7-13(12)18/h3-6,12-13,18H,2,7-9H2,1H3. The SMILES string of the molecule is CCc1ccc(-c2noc(C3COCCC3O)n2)cc1. The monoisotopic (exact) mass is 274 g/mol. The fraction of sp³-hybridized carbons (Fsp3) is 0.467. The number of aliphatic hydroxyl groups excluding tert-OH is 1. The normalized spacial score (nSPS) is 22.9. The van der Waals surface area contributed by atoms with Gasteiger partial charge in [-0.1, -0.05) is 36.3 Å². The number of aliphatic hydroxyl groups is 1. The van der Waals surface area contributed by atoms with Crippen LogP contribution in [0.3, 0.4) is 0 Å². The van der Waals surface area contributed by atoms with E-state index in [0.29, 0.717) is 31.3 Å². The molecule has 1 fully saturated rings. The number of hydrogen-bond donors (Lipinski definition) is 1. The molecule has 0 saturated carbocycles. The number of hydrogen-bond acceptors (Lipinski definition) is 5. The Labute approximate surface area is 117 Å². The van der Waals surface area contributed by atoms with Gasteiger partial charge in [-0.15, -0.1) is 0 Å². The Morgan fingerprint density at radius 2 is 2.10 bits per heavy atom. The molecule has 1 aromatic heterocycles. The maximum atomic E-state index is 9.96. The minimum Gasteiger partial charge on any atom is -0.392 e. The number of rotatable bonds is 3. The Morgan fingerprint density at radius 1 is 1.30 bits per heavy atom. The second-order valence-corrected chi connectivity index (χ2v) is 5.04. The lowest BCUT2D eigenvalue weighted by molar-refractivity contribution is -0.0149. The Bertz CT molecular complexity index is 565. The minimum atomic E-state index is -0.473. The molecular weight excluding hydrogens is 256 g/mol. The van der Waals surface area contributed by atoms with E-state index in [2.05, 4.69) is 29.2 Å². The van der Waals surface area contributed by atoms with E-state index in [-0.39, 0.29) is 5.92 Å². The third kappa shape index (κ3) is 2.59. The van der Waals surface area contributed by atoms with Crippen molar-refractivity contribution in [2.45, 2.75) is 31.8 Å². The molecule has 5 heteroatoms. The van der Waals surface area contributed by atoms with Crippen LogP contribution in [0, 0.1) is 0 Å². The zero-order valence-electron chi connectivity index (χ0n) is 11.5. The van der Waals surface area contributed by atoms with Crippen LogP contribution in [0.5, 0.6) is 0 Å². The molecular formula is C15H18N2O3. The highest BCUT2D eigenvalue weighted by Gasteiger charge is 2.30. The molecule has 0 aliphatic carbocycles. The highest BCUT2D eigenvalue weighted by atomic mass is 16.5. The Balaban J connectivity index is 1.81. The summed E-state index contributed by atoms with van der Waals surface area (Å²) in [6.07, 6.45) is 1.14.